The van der Waals surface area contributed by atoms with Crippen LogP contribution in [0.3, 0.4) is 0 Å². The van der Waals surface area contributed by atoms with E-state index in [0.717, 1.165) is 37.6 Å². The summed E-state index contributed by atoms with van der Waals surface area (Å²) in [4.78, 5) is 14.3. The number of aromatic nitrogens is 3. The van der Waals surface area contributed by atoms with Crippen LogP contribution in [0.1, 0.15) is 57.2 Å². The van der Waals surface area contributed by atoms with Crippen LogP contribution in [0.5, 0.6) is 0 Å². The van der Waals surface area contributed by atoms with E-state index in [1.807, 2.05) is 11.9 Å². The molecule has 1 saturated carbocycles. The van der Waals surface area contributed by atoms with E-state index < -0.39 is 0 Å². The molecule has 3 rings (SSSR count). The summed E-state index contributed by atoms with van der Waals surface area (Å²) in [6.07, 6.45) is 5.93. The van der Waals surface area contributed by atoms with Crippen molar-refractivity contribution in [2.24, 2.45) is 11.8 Å². The Kier molecular flexibility index (Phi) is 4.36. The summed E-state index contributed by atoms with van der Waals surface area (Å²) in [6, 6.07) is -0.0726. The molecular weight excluding hydrogens is 278 g/mol. The maximum absolute atomic E-state index is 12.5. The summed E-state index contributed by atoms with van der Waals surface area (Å²) >= 11 is 0. The number of carbonyl (C=O) groups is 1. The summed E-state index contributed by atoms with van der Waals surface area (Å²) in [5.74, 6) is 2.94. The van der Waals surface area contributed by atoms with Crippen molar-refractivity contribution < 1.29 is 4.79 Å². The largest absolute Gasteiger partial charge is 0.328 e. The number of amides is 2. The zero-order valence-corrected chi connectivity index (χ0v) is 13.9. The fourth-order valence-corrected chi connectivity index (χ4v) is 3.32. The molecule has 122 valence electrons. The molecule has 1 aliphatic heterocycles. The first-order valence-corrected chi connectivity index (χ1v) is 8.50. The zero-order chi connectivity index (χ0) is 15.7. The molecule has 0 spiro atoms. The van der Waals surface area contributed by atoms with Gasteiger partial charge >= 0.3 is 6.03 Å². The van der Waals surface area contributed by atoms with E-state index >= 15 is 0 Å². The van der Waals surface area contributed by atoms with Crippen LogP contribution in [0.2, 0.25) is 0 Å². The second-order valence-corrected chi connectivity index (χ2v) is 7.08. The molecule has 0 bridgehead atoms. The van der Waals surface area contributed by atoms with Crippen molar-refractivity contribution in [2.45, 2.75) is 58.5 Å². The molecule has 0 unspecified atom stereocenters. The average molecular weight is 305 g/mol. The Labute approximate surface area is 132 Å². The molecule has 6 nitrogen and oxygen atoms in total. The van der Waals surface area contributed by atoms with Gasteiger partial charge in [-0.1, -0.05) is 20.3 Å². The molecular formula is C16H27N5O. The number of nitrogens with zero attached hydrogens (tertiary/aromatic N) is 4. The molecule has 6 heteroatoms. The predicted molar refractivity (Wildman–Crippen MR) is 84.4 cm³/mol. The van der Waals surface area contributed by atoms with Gasteiger partial charge in [0, 0.05) is 26.6 Å². The van der Waals surface area contributed by atoms with Crippen molar-refractivity contribution in [1.82, 2.24) is 25.0 Å². The van der Waals surface area contributed by atoms with Gasteiger partial charge in [0.05, 0.1) is 6.04 Å². The molecule has 0 saturated heterocycles. The summed E-state index contributed by atoms with van der Waals surface area (Å²) in [6.45, 7) is 6.06. The minimum atomic E-state index is -0.0734. The van der Waals surface area contributed by atoms with Gasteiger partial charge in [-0.3, -0.25) is 0 Å². The molecule has 1 aromatic heterocycles. The quantitative estimate of drug-likeness (QED) is 0.908. The standard InChI is InChI=1S/C16H27N5O/c1-11(2)14(15-19-18-13-8-5-9-21(13)15)17-16(22)20(3)10-12-6-4-7-12/h11-12,14H,4-10H2,1-3H3,(H,17,22)/t14-/m0/s1. The Morgan fingerprint density at radius 2 is 2.14 bits per heavy atom. The molecule has 2 heterocycles. The number of fused-ring (bicyclic) bond motifs is 1. The lowest BCUT2D eigenvalue weighted by molar-refractivity contribution is 0.175. The Hall–Kier alpha value is -1.59. The first-order chi connectivity index (χ1) is 10.6. The highest BCUT2D eigenvalue weighted by Crippen LogP contribution is 2.27. The van der Waals surface area contributed by atoms with E-state index in [9.17, 15) is 4.79 Å². The molecule has 1 aromatic rings. The minimum absolute atomic E-state index is 0.000877. The van der Waals surface area contributed by atoms with E-state index in [0.29, 0.717) is 5.92 Å². The van der Waals surface area contributed by atoms with Gasteiger partial charge in [0.25, 0.3) is 0 Å². The lowest BCUT2D eigenvalue weighted by Gasteiger charge is -2.31. The first-order valence-electron chi connectivity index (χ1n) is 8.50. The highest BCUT2D eigenvalue weighted by Gasteiger charge is 2.29. The van der Waals surface area contributed by atoms with Gasteiger partial charge in [-0.2, -0.15) is 0 Å². The molecule has 2 aliphatic rings. The third-order valence-electron chi connectivity index (χ3n) is 4.97. The summed E-state index contributed by atoms with van der Waals surface area (Å²) < 4.78 is 2.18. The molecule has 0 aromatic carbocycles. The number of carbonyl (C=O) groups excluding carboxylic acids is 1. The van der Waals surface area contributed by atoms with Gasteiger partial charge in [-0.15, -0.1) is 10.2 Å². The van der Waals surface area contributed by atoms with Crippen LogP contribution in [0.25, 0.3) is 0 Å². The van der Waals surface area contributed by atoms with Crippen molar-refractivity contribution >= 4 is 6.03 Å². The summed E-state index contributed by atoms with van der Waals surface area (Å²) in [5.41, 5.74) is 0. The maximum Gasteiger partial charge on any atom is 0.317 e. The van der Waals surface area contributed by atoms with Crippen LogP contribution in [-0.4, -0.2) is 39.3 Å². The predicted octanol–water partition coefficient (Wildman–Crippen LogP) is 2.36. The first kappa shape index (κ1) is 15.3. The second kappa shape index (κ2) is 6.26. The van der Waals surface area contributed by atoms with E-state index in [2.05, 4.69) is 33.9 Å². The van der Waals surface area contributed by atoms with Crippen LogP contribution in [0.15, 0.2) is 0 Å². The van der Waals surface area contributed by atoms with Gasteiger partial charge in [0.15, 0.2) is 5.82 Å². The highest BCUT2D eigenvalue weighted by molar-refractivity contribution is 5.74. The normalized spacial score (nSPS) is 18.9. The van der Waals surface area contributed by atoms with E-state index in [4.69, 9.17) is 0 Å². The molecule has 1 N–H and O–H groups in total. The van der Waals surface area contributed by atoms with Gasteiger partial charge < -0.3 is 14.8 Å². The van der Waals surface area contributed by atoms with E-state index in [1.165, 1.54) is 19.3 Å². The molecule has 2 amide bonds. The number of hydrogen-bond acceptors (Lipinski definition) is 3. The SMILES string of the molecule is CC(C)[C@H](NC(=O)N(C)CC1CCC1)c1nnc2n1CCC2. The number of aryl methyl sites for hydroxylation is 1. The lowest BCUT2D eigenvalue weighted by atomic mass is 9.85. The fourth-order valence-electron chi connectivity index (χ4n) is 3.32. The fraction of sp³-hybridized carbons (Fsp3) is 0.812. The van der Waals surface area contributed by atoms with E-state index in [1.54, 1.807) is 0 Å². The number of rotatable bonds is 5. The summed E-state index contributed by atoms with van der Waals surface area (Å²) in [5, 5.41) is 11.8. The monoisotopic (exact) mass is 305 g/mol. The molecule has 22 heavy (non-hydrogen) atoms. The molecule has 1 fully saturated rings. The maximum atomic E-state index is 12.5. The van der Waals surface area contributed by atoms with Gasteiger partial charge in [0.1, 0.15) is 5.82 Å². The van der Waals surface area contributed by atoms with Crippen LogP contribution in [0, 0.1) is 11.8 Å². The Morgan fingerprint density at radius 1 is 1.36 bits per heavy atom. The van der Waals surface area contributed by atoms with Crippen molar-refractivity contribution in [3.63, 3.8) is 0 Å². The number of nitrogens with one attached hydrogen (secondary N) is 1. The number of urea groups is 1. The van der Waals surface area contributed by atoms with Gasteiger partial charge in [-0.05, 0) is 31.1 Å². The lowest BCUT2D eigenvalue weighted by Crippen LogP contribution is -2.44. The Bertz CT molecular complexity index is 535. The third kappa shape index (κ3) is 2.96. The van der Waals surface area contributed by atoms with Crippen LogP contribution < -0.4 is 5.32 Å². The van der Waals surface area contributed by atoms with Gasteiger partial charge in [0.2, 0.25) is 0 Å². The van der Waals surface area contributed by atoms with Crippen molar-refractivity contribution in [3.8, 4) is 0 Å². The van der Waals surface area contributed by atoms with Crippen LogP contribution in [0.4, 0.5) is 4.79 Å². The molecule has 0 radical (unpaired) electrons. The topological polar surface area (TPSA) is 63.1 Å². The van der Waals surface area contributed by atoms with Gasteiger partial charge in [-0.25, -0.2) is 4.79 Å². The average Bonchev–Trinajstić information content (AvgIpc) is 3.02. The minimum Gasteiger partial charge on any atom is -0.328 e. The van der Waals surface area contributed by atoms with Crippen LogP contribution >= 0.6 is 0 Å². The Balaban J connectivity index is 1.67. The smallest absolute Gasteiger partial charge is 0.317 e. The Morgan fingerprint density at radius 3 is 2.77 bits per heavy atom. The highest BCUT2D eigenvalue weighted by atomic mass is 16.2. The zero-order valence-electron chi connectivity index (χ0n) is 13.9. The van der Waals surface area contributed by atoms with Crippen molar-refractivity contribution in [1.29, 1.82) is 0 Å². The second-order valence-electron chi connectivity index (χ2n) is 7.08. The summed E-state index contributed by atoms with van der Waals surface area (Å²) in [7, 11) is 1.89. The van der Waals surface area contributed by atoms with Crippen LogP contribution in [-0.2, 0) is 13.0 Å². The molecule has 1 aliphatic carbocycles. The third-order valence-corrected chi connectivity index (χ3v) is 4.97. The van der Waals surface area contributed by atoms with E-state index in [-0.39, 0.29) is 18.0 Å². The number of hydrogen-bond donors (Lipinski definition) is 1. The molecule has 1 atom stereocenters. The van der Waals surface area contributed by atoms with Crippen molar-refractivity contribution in [3.05, 3.63) is 11.6 Å². The van der Waals surface area contributed by atoms with Crippen molar-refractivity contribution in [2.75, 3.05) is 13.6 Å².